The standard InChI is InChI=1S/C18H25N3O4.ClH/c1-11(2)17(19)18(23)20-9-16(22)21-7-3-4-13(21)12-5-6-14-15(8-12)25-10-24-14;/h5-6,8,11,13,17H,3-4,7,9-10,19H2,1-2H3,(H,20,23);1H/t13?,17-;/m0./s1. The first-order chi connectivity index (χ1) is 12.0. The summed E-state index contributed by atoms with van der Waals surface area (Å²) in [6, 6.07) is 5.18. The quantitative estimate of drug-likeness (QED) is 0.805. The van der Waals surface area contributed by atoms with Gasteiger partial charge in [0.15, 0.2) is 11.5 Å². The topological polar surface area (TPSA) is 93.9 Å². The Bertz CT molecular complexity index is 668. The number of ether oxygens (including phenoxy) is 2. The summed E-state index contributed by atoms with van der Waals surface area (Å²) in [6.45, 7) is 4.64. The summed E-state index contributed by atoms with van der Waals surface area (Å²) in [4.78, 5) is 26.3. The molecule has 2 atom stereocenters. The molecule has 0 aliphatic carbocycles. The molecule has 3 rings (SSSR count). The fourth-order valence-electron chi connectivity index (χ4n) is 3.22. The molecule has 0 spiro atoms. The Balaban J connectivity index is 0.00000243. The van der Waals surface area contributed by atoms with Gasteiger partial charge < -0.3 is 25.4 Å². The van der Waals surface area contributed by atoms with Crippen LogP contribution in [0.15, 0.2) is 18.2 Å². The fraction of sp³-hybridized carbons (Fsp3) is 0.556. The third-order valence-electron chi connectivity index (χ3n) is 4.79. The van der Waals surface area contributed by atoms with E-state index in [9.17, 15) is 9.59 Å². The van der Waals surface area contributed by atoms with Gasteiger partial charge >= 0.3 is 0 Å². The van der Waals surface area contributed by atoms with Crippen LogP contribution in [0.1, 0.15) is 38.3 Å². The summed E-state index contributed by atoms with van der Waals surface area (Å²) in [5.41, 5.74) is 6.84. The van der Waals surface area contributed by atoms with E-state index in [1.807, 2.05) is 36.9 Å². The Morgan fingerprint density at radius 2 is 2.04 bits per heavy atom. The number of likely N-dealkylation sites (tertiary alicyclic amines) is 1. The van der Waals surface area contributed by atoms with Gasteiger partial charge in [0.2, 0.25) is 18.6 Å². The van der Waals surface area contributed by atoms with Crippen molar-refractivity contribution in [3.63, 3.8) is 0 Å². The van der Waals surface area contributed by atoms with Crippen molar-refractivity contribution in [1.82, 2.24) is 10.2 Å². The number of hydrogen-bond acceptors (Lipinski definition) is 5. The number of hydrogen-bond donors (Lipinski definition) is 2. The SMILES string of the molecule is CC(C)[C@H](N)C(=O)NCC(=O)N1CCCC1c1ccc2c(c1)OCO2.Cl. The van der Waals surface area contributed by atoms with Gasteiger partial charge in [0.1, 0.15) is 0 Å². The average molecular weight is 384 g/mol. The normalized spacial score (nSPS) is 19.2. The molecule has 7 nitrogen and oxygen atoms in total. The second-order valence-electron chi connectivity index (χ2n) is 6.85. The molecule has 1 aromatic rings. The molecule has 1 unspecified atom stereocenters. The van der Waals surface area contributed by atoms with Gasteiger partial charge in [-0.2, -0.15) is 0 Å². The van der Waals surface area contributed by atoms with E-state index in [2.05, 4.69) is 5.32 Å². The number of nitrogens with two attached hydrogens (primary N) is 1. The van der Waals surface area contributed by atoms with Gasteiger partial charge in [-0.05, 0) is 36.5 Å². The number of nitrogens with one attached hydrogen (secondary N) is 1. The van der Waals surface area contributed by atoms with E-state index in [1.165, 1.54) is 0 Å². The number of rotatable bonds is 5. The van der Waals surface area contributed by atoms with Gasteiger partial charge in [-0.15, -0.1) is 12.4 Å². The van der Waals surface area contributed by atoms with Crippen LogP contribution < -0.4 is 20.5 Å². The van der Waals surface area contributed by atoms with E-state index in [-0.39, 0.29) is 49.5 Å². The van der Waals surface area contributed by atoms with Crippen molar-refractivity contribution >= 4 is 24.2 Å². The van der Waals surface area contributed by atoms with E-state index in [4.69, 9.17) is 15.2 Å². The molecule has 1 saturated heterocycles. The monoisotopic (exact) mass is 383 g/mol. The molecule has 0 radical (unpaired) electrons. The highest BCUT2D eigenvalue weighted by atomic mass is 35.5. The Hall–Kier alpha value is -1.99. The van der Waals surface area contributed by atoms with Gasteiger partial charge in [-0.25, -0.2) is 0 Å². The molecule has 2 amide bonds. The van der Waals surface area contributed by atoms with Crippen LogP contribution >= 0.6 is 12.4 Å². The molecule has 1 fully saturated rings. The largest absolute Gasteiger partial charge is 0.454 e. The number of benzene rings is 1. The summed E-state index contributed by atoms with van der Waals surface area (Å²) < 4.78 is 10.8. The predicted octanol–water partition coefficient (Wildman–Crippen LogP) is 1.60. The Morgan fingerprint density at radius 1 is 1.31 bits per heavy atom. The lowest BCUT2D eigenvalue weighted by Gasteiger charge is -2.26. The predicted molar refractivity (Wildman–Crippen MR) is 99.3 cm³/mol. The zero-order valence-electron chi connectivity index (χ0n) is 15.1. The minimum atomic E-state index is -0.601. The van der Waals surface area contributed by atoms with Crippen molar-refractivity contribution in [3.05, 3.63) is 23.8 Å². The first-order valence-corrected chi connectivity index (χ1v) is 8.69. The van der Waals surface area contributed by atoms with Crippen molar-refractivity contribution in [3.8, 4) is 11.5 Å². The smallest absolute Gasteiger partial charge is 0.242 e. The van der Waals surface area contributed by atoms with Crippen molar-refractivity contribution < 1.29 is 19.1 Å². The van der Waals surface area contributed by atoms with Crippen LogP contribution in [0, 0.1) is 5.92 Å². The van der Waals surface area contributed by atoms with E-state index in [0.29, 0.717) is 12.3 Å². The number of nitrogens with zero attached hydrogens (tertiary/aromatic N) is 1. The summed E-state index contributed by atoms with van der Waals surface area (Å²) >= 11 is 0. The summed E-state index contributed by atoms with van der Waals surface area (Å²) in [6.07, 6.45) is 1.83. The van der Waals surface area contributed by atoms with Crippen LogP contribution in [-0.2, 0) is 9.59 Å². The lowest BCUT2D eigenvalue weighted by atomic mass is 10.0. The number of carbonyl (C=O) groups excluding carboxylic acids is 2. The van der Waals surface area contributed by atoms with Gasteiger partial charge in [-0.3, -0.25) is 9.59 Å². The van der Waals surface area contributed by atoms with Crippen LogP contribution in [0.25, 0.3) is 0 Å². The van der Waals surface area contributed by atoms with Gasteiger partial charge in [0.05, 0.1) is 18.6 Å². The molecular formula is C18H26ClN3O4. The van der Waals surface area contributed by atoms with Gasteiger partial charge in [0.25, 0.3) is 0 Å². The Labute approximate surface area is 159 Å². The molecule has 144 valence electrons. The maximum atomic E-state index is 12.6. The van der Waals surface area contributed by atoms with Crippen LogP contribution in [-0.4, -0.2) is 42.6 Å². The molecule has 2 aliphatic heterocycles. The van der Waals surface area contributed by atoms with Crippen LogP contribution in [0.3, 0.4) is 0 Å². The van der Waals surface area contributed by atoms with Crippen LogP contribution in [0.2, 0.25) is 0 Å². The highest BCUT2D eigenvalue weighted by molar-refractivity contribution is 5.87. The van der Waals surface area contributed by atoms with E-state index in [1.54, 1.807) is 0 Å². The highest BCUT2D eigenvalue weighted by Gasteiger charge is 2.31. The van der Waals surface area contributed by atoms with Gasteiger partial charge in [-0.1, -0.05) is 19.9 Å². The van der Waals surface area contributed by atoms with Crippen molar-refractivity contribution in [1.29, 1.82) is 0 Å². The van der Waals surface area contributed by atoms with Crippen molar-refractivity contribution in [2.75, 3.05) is 19.9 Å². The summed E-state index contributed by atoms with van der Waals surface area (Å²) in [7, 11) is 0. The van der Waals surface area contributed by atoms with E-state index in [0.717, 1.165) is 24.2 Å². The molecule has 2 heterocycles. The molecule has 0 saturated carbocycles. The lowest BCUT2D eigenvalue weighted by Crippen LogP contribution is -2.47. The van der Waals surface area contributed by atoms with E-state index >= 15 is 0 Å². The van der Waals surface area contributed by atoms with Gasteiger partial charge in [0, 0.05) is 6.54 Å². The molecular weight excluding hydrogens is 358 g/mol. The third-order valence-corrected chi connectivity index (χ3v) is 4.79. The minimum absolute atomic E-state index is 0. The van der Waals surface area contributed by atoms with Crippen LogP contribution in [0.4, 0.5) is 0 Å². The lowest BCUT2D eigenvalue weighted by molar-refractivity contribution is -0.134. The number of carbonyl (C=O) groups is 2. The maximum absolute atomic E-state index is 12.6. The summed E-state index contributed by atoms with van der Waals surface area (Å²) in [5, 5.41) is 2.65. The Morgan fingerprint density at radius 3 is 2.77 bits per heavy atom. The zero-order chi connectivity index (χ0) is 18.0. The van der Waals surface area contributed by atoms with Crippen molar-refractivity contribution in [2.45, 2.75) is 38.8 Å². The molecule has 3 N–H and O–H groups in total. The van der Waals surface area contributed by atoms with Crippen molar-refractivity contribution in [2.24, 2.45) is 11.7 Å². The highest BCUT2D eigenvalue weighted by Crippen LogP contribution is 2.38. The Kier molecular flexibility index (Phi) is 6.72. The second-order valence-corrected chi connectivity index (χ2v) is 6.85. The molecule has 2 aliphatic rings. The fourth-order valence-corrected chi connectivity index (χ4v) is 3.22. The maximum Gasteiger partial charge on any atom is 0.242 e. The minimum Gasteiger partial charge on any atom is -0.454 e. The average Bonchev–Trinajstić information content (AvgIpc) is 3.26. The number of amides is 2. The van der Waals surface area contributed by atoms with Crippen LogP contribution in [0.5, 0.6) is 11.5 Å². The summed E-state index contributed by atoms with van der Waals surface area (Å²) in [5.74, 6) is 1.09. The molecule has 26 heavy (non-hydrogen) atoms. The number of halogens is 1. The first kappa shape index (κ1) is 20.3. The third kappa shape index (κ3) is 4.22. The molecule has 0 bridgehead atoms. The molecule has 1 aromatic carbocycles. The first-order valence-electron chi connectivity index (χ1n) is 8.69. The zero-order valence-corrected chi connectivity index (χ0v) is 15.9. The second kappa shape index (κ2) is 8.60. The molecule has 8 heteroatoms. The molecule has 0 aromatic heterocycles. The van der Waals surface area contributed by atoms with E-state index < -0.39 is 6.04 Å². The number of fused-ring (bicyclic) bond motifs is 1.